The maximum atomic E-state index is 12.6. The van der Waals surface area contributed by atoms with E-state index in [0.29, 0.717) is 11.5 Å². The highest BCUT2D eigenvalue weighted by Gasteiger charge is 2.28. The largest absolute Gasteiger partial charge is 0.497 e. The van der Waals surface area contributed by atoms with Crippen LogP contribution in [-0.2, 0) is 4.74 Å². The predicted octanol–water partition coefficient (Wildman–Crippen LogP) is 2.32. The highest BCUT2D eigenvalue weighted by Crippen LogP contribution is 2.26. The highest BCUT2D eigenvalue weighted by molar-refractivity contribution is 5.94. The molecule has 0 spiro atoms. The van der Waals surface area contributed by atoms with Crippen LogP contribution in [0.3, 0.4) is 0 Å². The number of rotatable bonds is 5. The van der Waals surface area contributed by atoms with Gasteiger partial charge in [0.25, 0.3) is 5.91 Å². The van der Waals surface area contributed by atoms with Crippen molar-refractivity contribution in [2.24, 2.45) is 5.92 Å². The third-order valence-corrected chi connectivity index (χ3v) is 5.17. The van der Waals surface area contributed by atoms with Crippen LogP contribution in [0, 0.1) is 5.92 Å². The number of ether oxygens (including phenoxy) is 2. The van der Waals surface area contributed by atoms with Crippen LogP contribution in [0.1, 0.15) is 36.0 Å². The van der Waals surface area contributed by atoms with Crippen LogP contribution in [0.25, 0.3) is 0 Å². The number of hydrogen-bond donors (Lipinski definition) is 1. The van der Waals surface area contributed by atoms with Crippen LogP contribution >= 0.6 is 0 Å². The monoisotopic (exact) mass is 332 g/mol. The van der Waals surface area contributed by atoms with Gasteiger partial charge < -0.3 is 14.8 Å². The van der Waals surface area contributed by atoms with Gasteiger partial charge in [-0.15, -0.1) is 0 Å². The van der Waals surface area contributed by atoms with Crippen molar-refractivity contribution in [2.75, 3.05) is 40.0 Å². The van der Waals surface area contributed by atoms with E-state index in [1.54, 1.807) is 7.11 Å². The quantitative estimate of drug-likeness (QED) is 0.899. The van der Waals surface area contributed by atoms with Gasteiger partial charge in [-0.25, -0.2) is 0 Å². The number of benzene rings is 1. The number of amides is 1. The van der Waals surface area contributed by atoms with E-state index in [-0.39, 0.29) is 11.9 Å². The van der Waals surface area contributed by atoms with Crippen molar-refractivity contribution in [3.8, 4) is 5.75 Å². The number of nitrogens with one attached hydrogen (secondary N) is 1. The molecule has 0 radical (unpaired) electrons. The SMILES string of the molecule is COc1ccc(C(=O)NC2CCCCC2CN2CCOCC2)cc1. The van der Waals surface area contributed by atoms with E-state index in [4.69, 9.17) is 9.47 Å². The van der Waals surface area contributed by atoms with Crippen LogP contribution < -0.4 is 10.1 Å². The Bertz CT molecular complexity index is 526. The predicted molar refractivity (Wildman–Crippen MR) is 93.5 cm³/mol. The zero-order chi connectivity index (χ0) is 16.8. The molecule has 132 valence electrons. The lowest BCUT2D eigenvalue weighted by molar-refractivity contribution is 0.0242. The molecule has 5 nitrogen and oxygen atoms in total. The highest BCUT2D eigenvalue weighted by atomic mass is 16.5. The fourth-order valence-electron chi connectivity index (χ4n) is 3.73. The third-order valence-electron chi connectivity index (χ3n) is 5.17. The summed E-state index contributed by atoms with van der Waals surface area (Å²) in [7, 11) is 1.63. The Morgan fingerprint density at radius 1 is 1.21 bits per heavy atom. The van der Waals surface area contributed by atoms with Crippen molar-refractivity contribution >= 4 is 5.91 Å². The van der Waals surface area contributed by atoms with Crippen molar-refractivity contribution in [3.63, 3.8) is 0 Å². The maximum absolute atomic E-state index is 12.6. The second-order valence-electron chi connectivity index (χ2n) is 6.77. The molecule has 1 aromatic rings. The van der Waals surface area contributed by atoms with Crippen LogP contribution in [0.5, 0.6) is 5.75 Å². The van der Waals surface area contributed by atoms with Gasteiger partial charge in [-0.1, -0.05) is 12.8 Å². The summed E-state index contributed by atoms with van der Waals surface area (Å²) < 4.78 is 10.6. The Morgan fingerprint density at radius 2 is 1.92 bits per heavy atom. The van der Waals surface area contributed by atoms with E-state index in [1.165, 1.54) is 19.3 Å². The number of morpholine rings is 1. The molecule has 1 aliphatic heterocycles. The minimum atomic E-state index is 0.0246. The lowest BCUT2D eigenvalue weighted by Gasteiger charge is -2.37. The minimum Gasteiger partial charge on any atom is -0.497 e. The summed E-state index contributed by atoms with van der Waals surface area (Å²) in [6.07, 6.45) is 4.75. The lowest BCUT2D eigenvalue weighted by atomic mass is 9.84. The first kappa shape index (κ1) is 17.2. The molecule has 3 rings (SSSR count). The Morgan fingerprint density at radius 3 is 2.62 bits per heavy atom. The van der Waals surface area contributed by atoms with Gasteiger partial charge in [-0.3, -0.25) is 9.69 Å². The molecule has 1 aliphatic carbocycles. The summed E-state index contributed by atoms with van der Waals surface area (Å²) in [6.45, 7) is 4.74. The topological polar surface area (TPSA) is 50.8 Å². The van der Waals surface area contributed by atoms with Gasteiger partial charge >= 0.3 is 0 Å². The molecule has 0 bridgehead atoms. The molecule has 1 heterocycles. The first-order valence-electron chi connectivity index (χ1n) is 9.01. The molecule has 1 N–H and O–H groups in total. The van der Waals surface area contributed by atoms with Crippen LogP contribution in [-0.4, -0.2) is 56.8 Å². The molecule has 0 aromatic heterocycles. The molecule has 1 amide bonds. The molecule has 1 aromatic carbocycles. The molecule has 1 saturated heterocycles. The third kappa shape index (κ3) is 4.48. The molecule has 1 saturated carbocycles. The molecule has 2 fully saturated rings. The standard InChI is InChI=1S/C19H28N2O3/c1-23-17-8-6-15(7-9-17)19(22)20-18-5-3-2-4-16(18)14-21-10-12-24-13-11-21/h6-9,16,18H,2-5,10-14H2,1H3,(H,20,22). The smallest absolute Gasteiger partial charge is 0.251 e. The first-order valence-corrected chi connectivity index (χ1v) is 9.01. The number of nitrogens with zero attached hydrogens (tertiary/aromatic N) is 1. The Kier molecular flexibility index (Phi) is 6.10. The van der Waals surface area contributed by atoms with Gasteiger partial charge in [-0.05, 0) is 43.0 Å². The van der Waals surface area contributed by atoms with E-state index >= 15 is 0 Å². The van der Waals surface area contributed by atoms with E-state index < -0.39 is 0 Å². The number of carbonyl (C=O) groups excluding carboxylic acids is 1. The average molecular weight is 332 g/mol. The van der Waals surface area contributed by atoms with Crippen molar-refractivity contribution in [3.05, 3.63) is 29.8 Å². The van der Waals surface area contributed by atoms with E-state index in [0.717, 1.165) is 45.0 Å². The summed E-state index contributed by atoms with van der Waals surface area (Å²) >= 11 is 0. The van der Waals surface area contributed by atoms with E-state index in [2.05, 4.69) is 10.2 Å². The van der Waals surface area contributed by atoms with Crippen molar-refractivity contribution in [2.45, 2.75) is 31.7 Å². The summed E-state index contributed by atoms with van der Waals surface area (Å²) in [5.41, 5.74) is 0.700. The second kappa shape index (κ2) is 8.49. The zero-order valence-electron chi connectivity index (χ0n) is 14.5. The van der Waals surface area contributed by atoms with Gasteiger partial charge in [0.1, 0.15) is 5.75 Å². The van der Waals surface area contributed by atoms with E-state index in [9.17, 15) is 4.79 Å². The molecular formula is C19H28N2O3. The van der Waals surface area contributed by atoms with Crippen LogP contribution in [0.2, 0.25) is 0 Å². The van der Waals surface area contributed by atoms with Gasteiger partial charge in [0.2, 0.25) is 0 Å². The van der Waals surface area contributed by atoms with Gasteiger partial charge in [0.15, 0.2) is 0 Å². The van der Waals surface area contributed by atoms with E-state index in [1.807, 2.05) is 24.3 Å². The molecule has 2 unspecified atom stereocenters. The number of hydrogen-bond acceptors (Lipinski definition) is 4. The summed E-state index contributed by atoms with van der Waals surface area (Å²) in [4.78, 5) is 15.0. The normalized spacial score (nSPS) is 25.2. The fourth-order valence-corrected chi connectivity index (χ4v) is 3.73. The fraction of sp³-hybridized carbons (Fsp3) is 0.632. The molecule has 5 heteroatoms. The van der Waals surface area contributed by atoms with Gasteiger partial charge in [0, 0.05) is 31.2 Å². The summed E-state index contributed by atoms with van der Waals surface area (Å²) in [5.74, 6) is 1.34. The maximum Gasteiger partial charge on any atom is 0.251 e. The first-order chi connectivity index (χ1) is 11.8. The average Bonchev–Trinajstić information content (AvgIpc) is 2.64. The molecule has 24 heavy (non-hydrogen) atoms. The second-order valence-corrected chi connectivity index (χ2v) is 6.77. The Balaban J connectivity index is 1.58. The Hall–Kier alpha value is -1.59. The van der Waals surface area contributed by atoms with Crippen molar-refractivity contribution in [1.29, 1.82) is 0 Å². The summed E-state index contributed by atoms with van der Waals surface area (Å²) in [6, 6.07) is 7.60. The van der Waals surface area contributed by atoms with Crippen molar-refractivity contribution < 1.29 is 14.3 Å². The van der Waals surface area contributed by atoms with Crippen molar-refractivity contribution in [1.82, 2.24) is 10.2 Å². The molecular weight excluding hydrogens is 304 g/mol. The Labute approximate surface area is 144 Å². The van der Waals surface area contributed by atoms with Gasteiger partial charge in [-0.2, -0.15) is 0 Å². The zero-order valence-corrected chi connectivity index (χ0v) is 14.5. The summed E-state index contributed by atoms with van der Waals surface area (Å²) in [5, 5.41) is 3.27. The van der Waals surface area contributed by atoms with Crippen LogP contribution in [0.15, 0.2) is 24.3 Å². The molecule has 2 aliphatic rings. The van der Waals surface area contributed by atoms with Gasteiger partial charge in [0.05, 0.1) is 20.3 Å². The minimum absolute atomic E-state index is 0.0246. The number of methoxy groups -OCH3 is 1. The lowest BCUT2D eigenvalue weighted by Crippen LogP contribution is -2.48. The van der Waals surface area contributed by atoms with Crippen LogP contribution in [0.4, 0.5) is 0 Å². The number of carbonyl (C=O) groups is 1. The molecule has 2 atom stereocenters.